The molecule has 6 heteroatoms. The first kappa shape index (κ1) is 16.4. The Kier molecular flexibility index (Phi) is 4.19. The van der Waals surface area contributed by atoms with Gasteiger partial charge in [-0.15, -0.1) is 0 Å². The van der Waals surface area contributed by atoms with E-state index in [1.807, 2.05) is 7.05 Å². The van der Waals surface area contributed by atoms with E-state index in [0.717, 1.165) is 13.0 Å². The maximum Gasteiger partial charge on any atom is 0.321 e. The quantitative estimate of drug-likeness (QED) is 0.915. The number of carbonyl (C=O) groups is 1. The topological polar surface area (TPSA) is 50.8 Å². The molecule has 1 aliphatic carbocycles. The van der Waals surface area contributed by atoms with Crippen LogP contribution in [0.25, 0.3) is 0 Å². The lowest BCUT2D eigenvalue weighted by atomic mass is 9.57. The molecule has 1 N–H and O–H groups in total. The minimum absolute atomic E-state index is 0.0360. The maximum absolute atomic E-state index is 12.7. The van der Waals surface area contributed by atoms with Gasteiger partial charge < -0.3 is 19.7 Å². The van der Waals surface area contributed by atoms with Crippen LogP contribution in [-0.4, -0.2) is 43.8 Å². The van der Waals surface area contributed by atoms with E-state index in [0.29, 0.717) is 22.4 Å². The molecule has 5 nitrogen and oxygen atoms in total. The Morgan fingerprint density at radius 2 is 2.22 bits per heavy atom. The molecule has 23 heavy (non-hydrogen) atoms. The fourth-order valence-electron chi connectivity index (χ4n) is 4.23. The van der Waals surface area contributed by atoms with Gasteiger partial charge in [-0.25, -0.2) is 4.79 Å². The number of benzene rings is 1. The van der Waals surface area contributed by atoms with Crippen molar-refractivity contribution in [2.24, 2.45) is 11.3 Å². The van der Waals surface area contributed by atoms with Gasteiger partial charge >= 0.3 is 6.03 Å². The fraction of sp³-hybridized carbons (Fsp3) is 0.588. The van der Waals surface area contributed by atoms with E-state index in [-0.39, 0.29) is 23.6 Å². The number of halogens is 1. The Balaban J connectivity index is 1.75. The van der Waals surface area contributed by atoms with Gasteiger partial charge in [0.15, 0.2) is 5.75 Å². The van der Waals surface area contributed by atoms with Gasteiger partial charge in [0.25, 0.3) is 0 Å². The number of urea groups is 1. The lowest BCUT2D eigenvalue weighted by Gasteiger charge is -2.57. The van der Waals surface area contributed by atoms with Gasteiger partial charge in [-0.1, -0.05) is 31.5 Å². The average molecular weight is 339 g/mol. The largest absolute Gasteiger partial charge is 0.493 e. The fourth-order valence-corrected chi connectivity index (χ4v) is 4.48. The first-order chi connectivity index (χ1) is 10.9. The van der Waals surface area contributed by atoms with Crippen LogP contribution in [0.5, 0.6) is 5.75 Å². The van der Waals surface area contributed by atoms with Gasteiger partial charge in [-0.3, -0.25) is 0 Å². The minimum atomic E-state index is -0.158. The van der Waals surface area contributed by atoms with Crippen LogP contribution in [0.1, 0.15) is 20.3 Å². The van der Waals surface area contributed by atoms with Crippen molar-refractivity contribution in [3.8, 4) is 5.75 Å². The van der Waals surface area contributed by atoms with Crippen LogP contribution >= 0.6 is 11.6 Å². The molecule has 1 aliphatic heterocycles. The zero-order valence-corrected chi connectivity index (χ0v) is 14.7. The lowest BCUT2D eigenvalue weighted by Crippen LogP contribution is -2.67. The van der Waals surface area contributed by atoms with Gasteiger partial charge in [0, 0.05) is 31.0 Å². The summed E-state index contributed by atoms with van der Waals surface area (Å²) in [6.07, 6.45) is 1.26. The summed E-state index contributed by atoms with van der Waals surface area (Å²) in [7, 11) is 3.38. The molecule has 0 aromatic heterocycles. The molecule has 1 aromatic rings. The van der Waals surface area contributed by atoms with E-state index in [1.165, 1.54) is 7.11 Å². The molecule has 2 amide bonds. The molecule has 3 atom stereocenters. The summed E-state index contributed by atoms with van der Waals surface area (Å²) < 4.78 is 11.1. The van der Waals surface area contributed by atoms with Crippen LogP contribution in [-0.2, 0) is 4.74 Å². The summed E-state index contributed by atoms with van der Waals surface area (Å²) in [5.41, 5.74) is 0.541. The number of amides is 2. The van der Waals surface area contributed by atoms with Crippen molar-refractivity contribution < 1.29 is 14.3 Å². The minimum Gasteiger partial charge on any atom is -0.493 e. The number of nitrogens with zero attached hydrogens (tertiary/aromatic N) is 1. The number of hydrogen-bond acceptors (Lipinski definition) is 3. The molecule has 1 heterocycles. The molecular formula is C17H23ClN2O3. The van der Waals surface area contributed by atoms with Crippen LogP contribution in [0.4, 0.5) is 10.5 Å². The molecule has 1 saturated heterocycles. The number of carbonyl (C=O) groups excluding carboxylic acids is 1. The van der Waals surface area contributed by atoms with Gasteiger partial charge in [0.1, 0.15) is 0 Å². The van der Waals surface area contributed by atoms with Crippen molar-refractivity contribution in [3.05, 3.63) is 23.2 Å². The summed E-state index contributed by atoms with van der Waals surface area (Å²) in [4.78, 5) is 14.5. The van der Waals surface area contributed by atoms with Crippen molar-refractivity contribution >= 4 is 23.3 Å². The molecule has 126 valence electrons. The summed E-state index contributed by atoms with van der Waals surface area (Å²) in [5.74, 6) is 0.896. The molecular weight excluding hydrogens is 316 g/mol. The SMILES string of the molecule is COc1c(Cl)cccc1NC(=O)N(C)[C@@H]1[C@@H]2CCO[C@H]2C1(C)C. The van der Waals surface area contributed by atoms with Gasteiger partial charge in [0.05, 0.1) is 23.9 Å². The zero-order valence-electron chi connectivity index (χ0n) is 13.9. The number of hydrogen-bond donors (Lipinski definition) is 1. The van der Waals surface area contributed by atoms with Crippen LogP contribution in [0.2, 0.25) is 5.02 Å². The molecule has 0 spiro atoms. The second kappa shape index (κ2) is 5.87. The summed E-state index contributed by atoms with van der Waals surface area (Å²) in [5, 5.41) is 3.38. The predicted molar refractivity (Wildman–Crippen MR) is 90.2 cm³/mol. The van der Waals surface area contributed by atoms with Crippen molar-refractivity contribution in [1.29, 1.82) is 0 Å². The van der Waals surface area contributed by atoms with Crippen LogP contribution in [0.3, 0.4) is 0 Å². The van der Waals surface area contributed by atoms with Crippen molar-refractivity contribution in [2.75, 3.05) is 26.1 Å². The van der Waals surface area contributed by atoms with Crippen LogP contribution < -0.4 is 10.1 Å². The van der Waals surface area contributed by atoms with E-state index in [1.54, 1.807) is 23.1 Å². The predicted octanol–water partition coefficient (Wildman–Crippen LogP) is 3.63. The number of ether oxygens (including phenoxy) is 2. The number of fused-ring (bicyclic) bond motifs is 1. The first-order valence-electron chi connectivity index (χ1n) is 7.86. The van der Waals surface area contributed by atoms with Crippen LogP contribution in [0.15, 0.2) is 18.2 Å². The number of nitrogens with one attached hydrogen (secondary N) is 1. The monoisotopic (exact) mass is 338 g/mol. The summed E-state index contributed by atoms with van der Waals surface area (Å²) in [6.45, 7) is 5.11. The highest BCUT2D eigenvalue weighted by molar-refractivity contribution is 6.32. The molecule has 0 bridgehead atoms. The third kappa shape index (κ3) is 2.56. The second-order valence-corrected chi connectivity index (χ2v) is 7.28. The molecule has 1 aromatic carbocycles. The van der Waals surface area contributed by atoms with Crippen molar-refractivity contribution in [2.45, 2.75) is 32.4 Å². The third-order valence-corrected chi connectivity index (χ3v) is 5.49. The van der Waals surface area contributed by atoms with E-state index in [9.17, 15) is 4.79 Å². The van der Waals surface area contributed by atoms with E-state index < -0.39 is 0 Å². The van der Waals surface area contributed by atoms with E-state index in [2.05, 4.69) is 19.2 Å². The van der Waals surface area contributed by atoms with Crippen molar-refractivity contribution in [3.63, 3.8) is 0 Å². The number of anilines is 1. The number of methoxy groups -OCH3 is 1. The molecule has 1 saturated carbocycles. The normalized spacial score (nSPS) is 27.8. The third-order valence-electron chi connectivity index (χ3n) is 5.19. The Bertz CT molecular complexity index is 620. The molecule has 0 unspecified atom stereocenters. The first-order valence-corrected chi connectivity index (χ1v) is 8.23. The number of rotatable bonds is 3. The van der Waals surface area contributed by atoms with Gasteiger partial charge in [0.2, 0.25) is 0 Å². The zero-order chi connectivity index (χ0) is 16.8. The number of para-hydroxylation sites is 1. The molecule has 3 rings (SSSR count). The Morgan fingerprint density at radius 1 is 1.48 bits per heavy atom. The van der Waals surface area contributed by atoms with E-state index >= 15 is 0 Å². The molecule has 2 aliphatic rings. The van der Waals surface area contributed by atoms with Crippen LogP contribution in [0, 0.1) is 11.3 Å². The molecule has 0 radical (unpaired) electrons. The van der Waals surface area contributed by atoms with Gasteiger partial charge in [-0.2, -0.15) is 0 Å². The van der Waals surface area contributed by atoms with E-state index in [4.69, 9.17) is 21.1 Å². The van der Waals surface area contributed by atoms with Gasteiger partial charge in [-0.05, 0) is 18.6 Å². The maximum atomic E-state index is 12.7. The standard InChI is InChI=1S/C17H23ClN2O3/c1-17(2)14(10-8-9-23-15(10)17)20(3)16(21)19-12-7-5-6-11(18)13(12)22-4/h5-7,10,14-15H,8-9H2,1-4H3,(H,19,21)/t10-,14+,15+/m0/s1. The Hall–Kier alpha value is -1.46. The lowest BCUT2D eigenvalue weighted by molar-refractivity contribution is -0.137. The smallest absolute Gasteiger partial charge is 0.321 e. The highest BCUT2D eigenvalue weighted by atomic mass is 35.5. The molecule has 2 fully saturated rings. The Morgan fingerprint density at radius 3 is 2.91 bits per heavy atom. The van der Waals surface area contributed by atoms with Crippen molar-refractivity contribution in [1.82, 2.24) is 4.90 Å². The summed E-state index contributed by atoms with van der Waals surface area (Å²) in [6, 6.07) is 5.31. The average Bonchev–Trinajstić information content (AvgIpc) is 2.93. The second-order valence-electron chi connectivity index (χ2n) is 6.87. The highest BCUT2D eigenvalue weighted by Crippen LogP contribution is 2.54. The summed E-state index contributed by atoms with van der Waals surface area (Å²) >= 11 is 6.11. The highest BCUT2D eigenvalue weighted by Gasteiger charge is 2.61. The Labute approximate surface area is 141 Å².